The van der Waals surface area contributed by atoms with E-state index < -0.39 is 0 Å². The highest BCUT2D eigenvalue weighted by Crippen LogP contribution is 2.34. The molecule has 0 aliphatic rings. The molecule has 0 aromatic carbocycles. The molecule has 0 atom stereocenters. The molecule has 114 valence electrons. The standard InChI is InChI=1S/C15H17N5O2/c1-8(2)13-11(5-10(6-16)15(20-13)21-4)22-12-7-18-9(3)19-14(12)17/h5,7-8H,1-4H3,(H2,17,18,19). The lowest BCUT2D eigenvalue weighted by atomic mass is 10.1. The molecule has 0 aliphatic heterocycles. The molecule has 0 aliphatic carbocycles. The number of hydrogen-bond donors (Lipinski definition) is 1. The van der Waals surface area contributed by atoms with E-state index in [2.05, 4.69) is 15.0 Å². The third-order valence-corrected chi connectivity index (χ3v) is 2.96. The number of hydrogen-bond acceptors (Lipinski definition) is 7. The van der Waals surface area contributed by atoms with Gasteiger partial charge < -0.3 is 15.2 Å². The summed E-state index contributed by atoms with van der Waals surface area (Å²) < 4.78 is 10.9. The number of nitriles is 1. The second-order valence-corrected chi connectivity index (χ2v) is 4.96. The second-order valence-electron chi connectivity index (χ2n) is 4.96. The van der Waals surface area contributed by atoms with E-state index in [1.54, 1.807) is 13.0 Å². The number of pyridine rings is 1. The van der Waals surface area contributed by atoms with E-state index in [1.165, 1.54) is 13.3 Å². The first-order valence-electron chi connectivity index (χ1n) is 6.72. The zero-order valence-corrected chi connectivity index (χ0v) is 12.9. The summed E-state index contributed by atoms with van der Waals surface area (Å²) in [6.07, 6.45) is 1.50. The number of aromatic nitrogens is 3. The van der Waals surface area contributed by atoms with Gasteiger partial charge in [-0.2, -0.15) is 5.26 Å². The van der Waals surface area contributed by atoms with Crippen molar-refractivity contribution in [1.82, 2.24) is 15.0 Å². The highest BCUT2D eigenvalue weighted by molar-refractivity contribution is 5.51. The number of nitrogens with zero attached hydrogens (tertiary/aromatic N) is 4. The van der Waals surface area contributed by atoms with E-state index in [9.17, 15) is 5.26 Å². The molecule has 2 aromatic rings. The van der Waals surface area contributed by atoms with Crippen LogP contribution in [0.5, 0.6) is 17.4 Å². The quantitative estimate of drug-likeness (QED) is 0.924. The van der Waals surface area contributed by atoms with Gasteiger partial charge in [0.2, 0.25) is 5.88 Å². The van der Waals surface area contributed by atoms with Gasteiger partial charge in [-0.25, -0.2) is 15.0 Å². The summed E-state index contributed by atoms with van der Waals surface area (Å²) in [6, 6.07) is 3.62. The number of nitrogens with two attached hydrogens (primary N) is 1. The first-order valence-corrected chi connectivity index (χ1v) is 6.72. The average molecular weight is 299 g/mol. The Morgan fingerprint density at radius 1 is 1.27 bits per heavy atom. The number of aryl methyl sites for hydroxylation is 1. The smallest absolute Gasteiger partial charge is 0.231 e. The third-order valence-electron chi connectivity index (χ3n) is 2.96. The lowest BCUT2D eigenvalue weighted by molar-refractivity contribution is 0.389. The van der Waals surface area contributed by atoms with Crippen molar-refractivity contribution in [1.29, 1.82) is 5.26 Å². The predicted molar refractivity (Wildman–Crippen MR) is 80.8 cm³/mol. The maximum atomic E-state index is 9.19. The van der Waals surface area contributed by atoms with Crippen LogP contribution in [0, 0.1) is 18.3 Å². The van der Waals surface area contributed by atoms with Gasteiger partial charge in [-0.1, -0.05) is 13.8 Å². The number of rotatable bonds is 4. The molecule has 7 heteroatoms. The van der Waals surface area contributed by atoms with Crippen molar-refractivity contribution in [2.75, 3.05) is 12.8 Å². The highest BCUT2D eigenvalue weighted by Gasteiger charge is 2.18. The van der Waals surface area contributed by atoms with E-state index in [0.717, 1.165) is 0 Å². The number of ether oxygens (including phenoxy) is 2. The topological polar surface area (TPSA) is 107 Å². The van der Waals surface area contributed by atoms with Gasteiger partial charge in [0.25, 0.3) is 0 Å². The first kappa shape index (κ1) is 15.5. The fraction of sp³-hybridized carbons (Fsp3) is 0.333. The molecule has 2 heterocycles. The Kier molecular flexibility index (Phi) is 4.41. The minimum atomic E-state index is 0.0734. The molecular weight excluding hydrogens is 282 g/mol. The Bertz CT molecular complexity index is 737. The molecular formula is C15H17N5O2. The van der Waals surface area contributed by atoms with Crippen molar-refractivity contribution in [3.05, 3.63) is 29.3 Å². The van der Waals surface area contributed by atoms with E-state index in [0.29, 0.717) is 23.0 Å². The van der Waals surface area contributed by atoms with Crippen molar-refractivity contribution >= 4 is 5.82 Å². The molecule has 2 aromatic heterocycles. The van der Waals surface area contributed by atoms with Crippen LogP contribution in [0.25, 0.3) is 0 Å². The third kappa shape index (κ3) is 3.06. The Morgan fingerprint density at radius 3 is 2.55 bits per heavy atom. The molecule has 0 fully saturated rings. The number of anilines is 1. The summed E-state index contributed by atoms with van der Waals surface area (Å²) in [7, 11) is 1.47. The minimum absolute atomic E-state index is 0.0734. The Labute approximate surface area is 128 Å². The lowest BCUT2D eigenvalue weighted by Gasteiger charge is -2.15. The molecule has 22 heavy (non-hydrogen) atoms. The summed E-state index contributed by atoms with van der Waals surface area (Å²) in [5.74, 6) is 1.89. The molecule has 2 N–H and O–H groups in total. The molecule has 0 unspecified atom stereocenters. The first-order chi connectivity index (χ1) is 10.5. The average Bonchev–Trinajstić information content (AvgIpc) is 2.49. The van der Waals surface area contributed by atoms with Crippen LogP contribution in [0.15, 0.2) is 12.3 Å². The van der Waals surface area contributed by atoms with Gasteiger partial charge in [0.1, 0.15) is 17.5 Å². The van der Waals surface area contributed by atoms with Crippen molar-refractivity contribution < 1.29 is 9.47 Å². The Balaban J connectivity index is 2.51. The van der Waals surface area contributed by atoms with Crippen LogP contribution in [0.1, 0.15) is 36.8 Å². The number of nitrogen functional groups attached to an aromatic ring is 1. The molecule has 2 rings (SSSR count). The zero-order valence-electron chi connectivity index (χ0n) is 12.9. The van der Waals surface area contributed by atoms with Crippen LogP contribution in [0.2, 0.25) is 0 Å². The van der Waals surface area contributed by atoms with Gasteiger partial charge in [-0.05, 0) is 12.8 Å². The SMILES string of the molecule is COc1nc(C(C)C)c(Oc2cnc(C)nc2N)cc1C#N. The molecule has 0 bridgehead atoms. The molecule has 0 spiro atoms. The van der Waals surface area contributed by atoms with Crippen molar-refractivity contribution in [3.8, 4) is 23.4 Å². The van der Waals surface area contributed by atoms with Gasteiger partial charge >= 0.3 is 0 Å². The van der Waals surface area contributed by atoms with Gasteiger partial charge in [-0.3, -0.25) is 0 Å². The normalized spacial score (nSPS) is 10.4. The molecule has 0 saturated carbocycles. The Morgan fingerprint density at radius 2 is 2.00 bits per heavy atom. The maximum Gasteiger partial charge on any atom is 0.231 e. The molecule has 7 nitrogen and oxygen atoms in total. The maximum absolute atomic E-state index is 9.19. The van der Waals surface area contributed by atoms with E-state index in [1.807, 2.05) is 19.9 Å². The highest BCUT2D eigenvalue weighted by atomic mass is 16.5. The lowest BCUT2D eigenvalue weighted by Crippen LogP contribution is -2.04. The van der Waals surface area contributed by atoms with Crippen molar-refractivity contribution in [2.24, 2.45) is 0 Å². The zero-order chi connectivity index (χ0) is 16.3. The second kappa shape index (κ2) is 6.26. The van der Waals surface area contributed by atoms with Crippen LogP contribution >= 0.6 is 0 Å². The molecule has 0 radical (unpaired) electrons. The molecule has 0 saturated heterocycles. The van der Waals surface area contributed by atoms with Crippen LogP contribution < -0.4 is 15.2 Å². The van der Waals surface area contributed by atoms with Crippen LogP contribution in [-0.2, 0) is 0 Å². The van der Waals surface area contributed by atoms with E-state index in [4.69, 9.17) is 15.2 Å². The predicted octanol–water partition coefficient (Wildman–Crippen LogP) is 2.56. The van der Waals surface area contributed by atoms with Crippen molar-refractivity contribution in [3.63, 3.8) is 0 Å². The van der Waals surface area contributed by atoms with Gasteiger partial charge in [-0.15, -0.1) is 0 Å². The van der Waals surface area contributed by atoms with Crippen LogP contribution in [-0.4, -0.2) is 22.1 Å². The Hall–Kier alpha value is -2.88. The largest absolute Gasteiger partial charge is 0.480 e. The minimum Gasteiger partial charge on any atom is -0.480 e. The fourth-order valence-corrected chi connectivity index (χ4v) is 1.90. The van der Waals surface area contributed by atoms with Gasteiger partial charge in [0, 0.05) is 6.07 Å². The van der Waals surface area contributed by atoms with Crippen LogP contribution in [0.3, 0.4) is 0 Å². The summed E-state index contributed by atoms with van der Waals surface area (Å²) in [5, 5.41) is 9.19. The summed E-state index contributed by atoms with van der Waals surface area (Å²) in [5.41, 5.74) is 6.78. The molecule has 0 amide bonds. The van der Waals surface area contributed by atoms with Crippen LogP contribution in [0.4, 0.5) is 5.82 Å². The monoisotopic (exact) mass is 299 g/mol. The van der Waals surface area contributed by atoms with Crippen molar-refractivity contribution in [2.45, 2.75) is 26.7 Å². The summed E-state index contributed by atoms with van der Waals surface area (Å²) in [6.45, 7) is 5.67. The fourth-order valence-electron chi connectivity index (χ4n) is 1.90. The summed E-state index contributed by atoms with van der Waals surface area (Å²) >= 11 is 0. The van der Waals surface area contributed by atoms with E-state index >= 15 is 0 Å². The van der Waals surface area contributed by atoms with E-state index in [-0.39, 0.29) is 23.2 Å². The summed E-state index contributed by atoms with van der Waals surface area (Å²) in [4.78, 5) is 12.5. The number of methoxy groups -OCH3 is 1. The van der Waals surface area contributed by atoms with Gasteiger partial charge in [0.05, 0.1) is 19.0 Å². The van der Waals surface area contributed by atoms with Gasteiger partial charge in [0.15, 0.2) is 17.3 Å².